The predicted molar refractivity (Wildman–Crippen MR) is 251 cm³/mol. The lowest BCUT2D eigenvalue weighted by atomic mass is 10.1. The zero-order valence-corrected chi connectivity index (χ0v) is 38.2. The van der Waals surface area contributed by atoms with E-state index in [-0.39, 0.29) is 31.1 Å². The van der Waals surface area contributed by atoms with Gasteiger partial charge in [-0.2, -0.15) is 0 Å². The number of allylic oxidation sites excluding steroid dienone is 14. The number of hydrogen-bond donors (Lipinski definition) is 0. The van der Waals surface area contributed by atoms with Gasteiger partial charge in [0.2, 0.25) is 0 Å². The number of esters is 3. The molecule has 0 aliphatic carbocycles. The van der Waals surface area contributed by atoms with Crippen LogP contribution in [-0.4, -0.2) is 37.2 Å². The Hall–Kier alpha value is -3.41. The van der Waals surface area contributed by atoms with Gasteiger partial charge in [0.15, 0.2) is 6.10 Å². The minimum Gasteiger partial charge on any atom is -0.462 e. The molecule has 0 aliphatic heterocycles. The van der Waals surface area contributed by atoms with Crippen molar-refractivity contribution >= 4 is 17.9 Å². The van der Waals surface area contributed by atoms with Gasteiger partial charge in [-0.3, -0.25) is 14.4 Å². The van der Waals surface area contributed by atoms with Crippen molar-refractivity contribution in [1.82, 2.24) is 0 Å². The summed E-state index contributed by atoms with van der Waals surface area (Å²) >= 11 is 0. The molecule has 0 aromatic rings. The molecule has 336 valence electrons. The van der Waals surface area contributed by atoms with Crippen molar-refractivity contribution in [1.29, 1.82) is 0 Å². The zero-order chi connectivity index (χ0) is 43.0. The van der Waals surface area contributed by atoms with Crippen LogP contribution in [0.2, 0.25) is 0 Å². The highest BCUT2D eigenvalue weighted by Gasteiger charge is 2.19. The van der Waals surface area contributed by atoms with E-state index in [1.54, 1.807) is 0 Å². The topological polar surface area (TPSA) is 78.9 Å². The molecule has 1 atom stereocenters. The summed E-state index contributed by atoms with van der Waals surface area (Å²) in [6.45, 7) is 6.38. The molecule has 6 heteroatoms. The summed E-state index contributed by atoms with van der Waals surface area (Å²) < 4.78 is 16.7. The molecule has 6 nitrogen and oxygen atoms in total. The van der Waals surface area contributed by atoms with Gasteiger partial charge >= 0.3 is 17.9 Å². The Labute approximate surface area is 363 Å². The summed E-state index contributed by atoms with van der Waals surface area (Å²) in [7, 11) is 0. The normalized spacial score (nSPS) is 12.8. The molecule has 0 spiro atoms. The number of rotatable bonds is 42. The van der Waals surface area contributed by atoms with Crippen LogP contribution in [0.25, 0.3) is 0 Å². The van der Waals surface area contributed by atoms with E-state index in [4.69, 9.17) is 14.2 Å². The third-order valence-corrected chi connectivity index (χ3v) is 9.85. The standard InChI is InChI=1S/C53H88O6/c1-4-7-10-13-16-19-22-23-24-25-26-27-28-29-32-34-37-40-43-46-52(55)58-49-50(59-53(56)47-44-41-38-35-31-21-18-15-12-9-6-3)48-57-51(54)45-42-39-36-33-30-20-17-14-11-8-5-2/h7,10,14-19,23-24,26-27,29,32,50H,4-6,8-9,11-13,20-22,25,28,30-31,33-49H2,1-3H3/b10-7-,17-14-,18-15-,19-16-,24-23-,27-26-,32-29-/t50-/m0/s1. The fourth-order valence-electron chi connectivity index (χ4n) is 6.19. The maximum Gasteiger partial charge on any atom is 0.306 e. The Bertz CT molecular complexity index is 1170. The second-order valence-electron chi connectivity index (χ2n) is 15.6. The third-order valence-electron chi connectivity index (χ3n) is 9.85. The summed E-state index contributed by atoms with van der Waals surface area (Å²) in [6, 6.07) is 0. The summed E-state index contributed by atoms with van der Waals surface area (Å²) in [4.78, 5) is 37.8. The van der Waals surface area contributed by atoms with Crippen LogP contribution in [0.15, 0.2) is 85.1 Å². The van der Waals surface area contributed by atoms with Crippen LogP contribution < -0.4 is 0 Å². The first-order chi connectivity index (χ1) is 29.0. The van der Waals surface area contributed by atoms with Crippen molar-refractivity contribution in [2.45, 2.75) is 219 Å². The number of carbonyl (C=O) groups is 3. The van der Waals surface area contributed by atoms with Crippen molar-refractivity contribution in [3.8, 4) is 0 Å². The first-order valence-electron chi connectivity index (χ1n) is 24.1. The monoisotopic (exact) mass is 821 g/mol. The van der Waals surface area contributed by atoms with Gasteiger partial charge in [0, 0.05) is 19.3 Å². The van der Waals surface area contributed by atoms with Crippen LogP contribution in [0.3, 0.4) is 0 Å². The van der Waals surface area contributed by atoms with Crippen LogP contribution in [0.4, 0.5) is 0 Å². The average molecular weight is 821 g/mol. The quantitative estimate of drug-likeness (QED) is 0.0264. The lowest BCUT2D eigenvalue weighted by Crippen LogP contribution is -2.30. The number of unbranched alkanes of at least 4 members (excludes halogenated alkanes) is 17. The largest absolute Gasteiger partial charge is 0.462 e. The molecule has 0 saturated carbocycles. The van der Waals surface area contributed by atoms with Crippen molar-refractivity contribution in [2.24, 2.45) is 0 Å². The van der Waals surface area contributed by atoms with Crippen molar-refractivity contribution in [3.63, 3.8) is 0 Å². The summed E-state index contributed by atoms with van der Waals surface area (Å²) in [5.41, 5.74) is 0. The molecule has 0 aliphatic rings. The Morgan fingerprint density at radius 1 is 0.356 bits per heavy atom. The smallest absolute Gasteiger partial charge is 0.306 e. The van der Waals surface area contributed by atoms with Gasteiger partial charge in [0.1, 0.15) is 13.2 Å². The molecule has 0 aromatic heterocycles. The van der Waals surface area contributed by atoms with Gasteiger partial charge in [0.25, 0.3) is 0 Å². The predicted octanol–water partition coefficient (Wildman–Crippen LogP) is 15.6. The van der Waals surface area contributed by atoms with Gasteiger partial charge in [0.05, 0.1) is 0 Å². The highest BCUT2D eigenvalue weighted by Crippen LogP contribution is 2.13. The molecule has 0 saturated heterocycles. The van der Waals surface area contributed by atoms with Gasteiger partial charge in [-0.1, -0.05) is 176 Å². The Balaban J connectivity index is 4.43. The van der Waals surface area contributed by atoms with Crippen LogP contribution in [0.1, 0.15) is 213 Å². The fraction of sp³-hybridized carbons (Fsp3) is 0.679. The maximum absolute atomic E-state index is 12.7. The molecular formula is C53H88O6. The summed E-state index contributed by atoms with van der Waals surface area (Å²) in [5.74, 6) is -0.955. The zero-order valence-electron chi connectivity index (χ0n) is 38.2. The lowest BCUT2D eigenvalue weighted by molar-refractivity contribution is -0.167. The highest BCUT2D eigenvalue weighted by molar-refractivity contribution is 5.71. The highest BCUT2D eigenvalue weighted by atomic mass is 16.6. The van der Waals surface area contributed by atoms with E-state index in [0.717, 1.165) is 122 Å². The van der Waals surface area contributed by atoms with Gasteiger partial charge in [-0.25, -0.2) is 0 Å². The summed E-state index contributed by atoms with van der Waals surface area (Å²) in [5, 5.41) is 0. The molecule has 0 rings (SSSR count). The number of ether oxygens (including phenoxy) is 3. The average Bonchev–Trinajstić information content (AvgIpc) is 3.23. The minimum absolute atomic E-state index is 0.0960. The van der Waals surface area contributed by atoms with E-state index in [1.165, 1.54) is 51.4 Å². The van der Waals surface area contributed by atoms with Crippen molar-refractivity contribution in [3.05, 3.63) is 85.1 Å². The van der Waals surface area contributed by atoms with Crippen LogP contribution in [-0.2, 0) is 28.6 Å². The van der Waals surface area contributed by atoms with E-state index in [0.29, 0.717) is 19.3 Å². The van der Waals surface area contributed by atoms with Crippen molar-refractivity contribution in [2.75, 3.05) is 13.2 Å². The van der Waals surface area contributed by atoms with Crippen LogP contribution in [0, 0.1) is 0 Å². The molecule has 0 unspecified atom stereocenters. The minimum atomic E-state index is -0.796. The molecular weight excluding hydrogens is 733 g/mol. The second kappa shape index (κ2) is 47.3. The molecule has 0 amide bonds. The van der Waals surface area contributed by atoms with Gasteiger partial charge in [-0.15, -0.1) is 0 Å². The Morgan fingerprint density at radius 3 is 1.07 bits per heavy atom. The Kier molecular flexibility index (Phi) is 44.5. The lowest BCUT2D eigenvalue weighted by Gasteiger charge is -2.18. The first-order valence-corrected chi connectivity index (χ1v) is 24.1. The van der Waals surface area contributed by atoms with E-state index >= 15 is 0 Å². The molecule has 0 radical (unpaired) electrons. The van der Waals surface area contributed by atoms with E-state index < -0.39 is 6.10 Å². The first kappa shape index (κ1) is 55.6. The second-order valence-corrected chi connectivity index (χ2v) is 15.6. The van der Waals surface area contributed by atoms with Crippen LogP contribution >= 0.6 is 0 Å². The maximum atomic E-state index is 12.7. The third kappa shape index (κ3) is 45.5. The van der Waals surface area contributed by atoms with Crippen LogP contribution in [0.5, 0.6) is 0 Å². The molecule has 0 heterocycles. The van der Waals surface area contributed by atoms with Gasteiger partial charge in [-0.05, 0) is 103 Å². The molecule has 0 N–H and O–H groups in total. The molecule has 0 bridgehead atoms. The molecule has 0 fully saturated rings. The molecule has 59 heavy (non-hydrogen) atoms. The van der Waals surface area contributed by atoms with E-state index in [1.807, 2.05) is 0 Å². The van der Waals surface area contributed by atoms with Crippen molar-refractivity contribution < 1.29 is 28.6 Å². The Morgan fingerprint density at radius 2 is 0.661 bits per heavy atom. The fourth-order valence-corrected chi connectivity index (χ4v) is 6.19. The summed E-state index contributed by atoms with van der Waals surface area (Å²) in [6.07, 6.45) is 59.9. The SMILES string of the molecule is CC/C=C\C/C=C\C/C=C\C/C=C\C/C=C\CCCCCC(=O)OC[C@H](COC(=O)CCCCCCC/C=C\CCCC)OC(=O)CCCCCCC/C=C\CCCC. The van der Waals surface area contributed by atoms with E-state index in [2.05, 4.69) is 106 Å². The van der Waals surface area contributed by atoms with E-state index in [9.17, 15) is 14.4 Å². The number of hydrogen-bond acceptors (Lipinski definition) is 6. The van der Waals surface area contributed by atoms with Gasteiger partial charge < -0.3 is 14.2 Å². The molecule has 0 aromatic carbocycles. The number of carbonyl (C=O) groups excluding carboxylic acids is 3.